The second kappa shape index (κ2) is 7.63. The third kappa shape index (κ3) is 3.24. The van der Waals surface area contributed by atoms with Gasteiger partial charge in [0.1, 0.15) is 5.67 Å². The average Bonchev–Trinajstić information content (AvgIpc) is 3.31. The SMILES string of the molecule is C[C@@]1(O)CC[C@@]2(F)[C@H](CC[C@@H]3[C@@H]2CC[C@]2(C)[C@@H](C(=O)Cn4cc5c(n4)CCCC5)CC[C@@]32C)C1. The largest absolute Gasteiger partial charge is 0.390 e. The van der Waals surface area contributed by atoms with Crippen LogP contribution in [0.3, 0.4) is 0 Å². The number of aliphatic hydroxyl groups is 1. The van der Waals surface area contributed by atoms with Crippen molar-refractivity contribution in [2.75, 3.05) is 0 Å². The highest BCUT2D eigenvalue weighted by Crippen LogP contribution is 2.72. The summed E-state index contributed by atoms with van der Waals surface area (Å²) >= 11 is 0. The van der Waals surface area contributed by atoms with Gasteiger partial charge in [0.25, 0.3) is 0 Å². The first-order chi connectivity index (χ1) is 16.1. The highest BCUT2D eigenvalue weighted by atomic mass is 19.1. The Labute approximate surface area is 204 Å². The van der Waals surface area contributed by atoms with Gasteiger partial charge in [-0.25, -0.2) is 4.39 Å². The molecule has 4 fully saturated rings. The summed E-state index contributed by atoms with van der Waals surface area (Å²) in [4.78, 5) is 13.7. The molecule has 5 heteroatoms. The molecule has 0 aliphatic heterocycles. The minimum absolute atomic E-state index is 0.00450. The number of nitrogens with zero attached hydrogens (tertiary/aromatic N) is 2. The lowest BCUT2D eigenvalue weighted by atomic mass is 9.43. The van der Waals surface area contributed by atoms with E-state index in [1.165, 1.54) is 24.1 Å². The van der Waals surface area contributed by atoms with E-state index in [0.29, 0.717) is 37.5 Å². The molecule has 4 nitrogen and oxygen atoms in total. The molecule has 0 saturated heterocycles. The van der Waals surface area contributed by atoms with Gasteiger partial charge in [0.15, 0.2) is 5.78 Å². The van der Waals surface area contributed by atoms with Crippen molar-refractivity contribution in [1.82, 2.24) is 9.78 Å². The minimum Gasteiger partial charge on any atom is -0.390 e. The molecule has 6 rings (SSSR count). The van der Waals surface area contributed by atoms with Crippen molar-refractivity contribution in [1.29, 1.82) is 0 Å². The molecular formula is C29H43FN2O2. The summed E-state index contributed by atoms with van der Waals surface area (Å²) in [6.45, 7) is 7.03. The Bertz CT molecular complexity index is 963. The molecule has 188 valence electrons. The van der Waals surface area contributed by atoms with E-state index in [0.717, 1.165) is 51.4 Å². The van der Waals surface area contributed by atoms with Gasteiger partial charge in [0.05, 0.1) is 17.8 Å². The molecule has 0 aromatic carbocycles. The summed E-state index contributed by atoms with van der Waals surface area (Å²) in [6, 6.07) is 0. The number of Topliss-reactive ketones (excluding diaryl/α,β-unsaturated/α-hetero) is 1. The van der Waals surface area contributed by atoms with Gasteiger partial charge in [-0.2, -0.15) is 5.10 Å². The van der Waals surface area contributed by atoms with Crippen LogP contribution in [0.25, 0.3) is 0 Å². The van der Waals surface area contributed by atoms with Gasteiger partial charge in [-0.15, -0.1) is 0 Å². The Kier molecular flexibility index (Phi) is 5.21. The van der Waals surface area contributed by atoms with E-state index in [1.807, 2.05) is 11.6 Å². The number of rotatable bonds is 3. The highest BCUT2D eigenvalue weighted by Gasteiger charge is 2.68. The molecule has 5 aliphatic rings. The van der Waals surface area contributed by atoms with Crippen LogP contribution in [0.2, 0.25) is 0 Å². The third-order valence-corrected chi connectivity index (χ3v) is 11.9. The zero-order chi connectivity index (χ0) is 23.9. The van der Waals surface area contributed by atoms with E-state index in [1.54, 1.807) is 0 Å². The number of carbonyl (C=O) groups is 1. The fourth-order valence-electron chi connectivity index (χ4n) is 9.79. The van der Waals surface area contributed by atoms with Gasteiger partial charge in [0, 0.05) is 12.1 Å². The number of aryl methyl sites for hydroxylation is 2. The number of ketones is 1. The molecule has 0 radical (unpaired) electrons. The predicted molar refractivity (Wildman–Crippen MR) is 130 cm³/mol. The smallest absolute Gasteiger partial charge is 0.157 e. The van der Waals surface area contributed by atoms with Crippen LogP contribution in [0.1, 0.15) is 103 Å². The molecule has 8 atom stereocenters. The molecule has 0 unspecified atom stereocenters. The number of aromatic nitrogens is 2. The van der Waals surface area contributed by atoms with Crippen LogP contribution in [-0.2, 0) is 24.2 Å². The lowest BCUT2D eigenvalue weighted by molar-refractivity contribution is -0.188. The van der Waals surface area contributed by atoms with E-state index in [2.05, 4.69) is 20.0 Å². The number of hydrogen-bond donors (Lipinski definition) is 1. The molecule has 4 saturated carbocycles. The molecule has 1 aromatic rings. The second-order valence-electron chi connectivity index (χ2n) is 13.6. The maximum absolute atomic E-state index is 16.7. The molecule has 1 heterocycles. The summed E-state index contributed by atoms with van der Waals surface area (Å²) in [5, 5.41) is 15.4. The molecule has 0 bridgehead atoms. The van der Waals surface area contributed by atoms with E-state index >= 15 is 4.39 Å². The van der Waals surface area contributed by atoms with E-state index in [9.17, 15) is 9.90 Å². The molecule has 34 heavy (non-hydrogen) atoms. The van der Waals surface area contributed by atoms with Gasteiger partial charge in [-0.1, -0.05) is 13.8 Å². The van der Waals surface area contributed by atoms with E-state index in [4.69, 9.17) is 5.10 Å². The predicted octanol–water partition coefficient (Wildman–Crippen LogP) is 5.83. The summed E-state index contributed by atoms with van der Waals surface area (Å²) in [6.07, 6.45) is 14.1. The molecular weight excluding hydrogens is 427 g/mol. The van der Waals surface area contributed by atoms with Gasteiger partial charge in [-0.05, 0) is 125 Å². The van der Waals surface area contributed by atoms with Crippen LogP contribution >= 0.6 is 0 Å². The third-order valence-electron chi connectivity index (χ3n) is 11.9. The zero-order valence-corrected chi connectivity index (χ0v) is 21.4. The Balaban J connectivity index is 1.23. The van der Waals surface area contributed by atoms with Crippen LogP contribution in [0.5, 0.6) is 0 Å². The van der Waals surface area contributed by atoms with Gasteiger partial charge in [0.2, 0.25) is 0 Å². The van der Waals surface area contributed by atoms with Crippen molar-refractivity contribution in [3.63, 3.8) is 0 Å². The number of alkyl halides is 1. The summed E-state index contributed by atoms with van der Waals surface area (Å²) in [5.41, 5.74) is 0.644. The van der Waals surface area contributed by atoms with Gasteiger partial charge in [-0.3, -0.25) is 9.48 Å². The number of halogens is 1. The number of hydrogen-bond acceptors (Lipinski definition) is 3. The first-order valence-electron chi connectivity index (χ1n) is 14.0. The molecule has 5 aliphatic carbocycles. The summed E-state index contributed by atoms with van der Waals surface area (Å²) in [7, 11) is 0. The van der Waals surface area contributed by atoms with Crippen LogP contribution in [-0.4, -0.2) is 31.9 Å². The van der Waals surface area contributed by atoms with Gasteiger partial charge < -0.3 is 5.11 Å². The summed E-state index contributed by atoms with van der Waals surface area (Å²) < 4.78 is 18.6. The standard InChI is InChI=1S/C29H43FN2O2/c1-26(34)14-15-29(30)20(16-26)8-9-21-22(29)10-12-28(3)23(11-13-27(21,28)2)25(33)18-32-17-19-6-4-5-7-24(19)31-32/h17,20-23,34H,4-16,18H2,1-3H3/t20-,21-,22+,23-,26-,27+,28-,29-/m1/s1. The van der Waals surface area contributed by atoms with Gasteiger partial charge >= 0.3 is 0 Å². The van der Waals surface area contributed by atoms with Crippen LogP contribution in [0.15, 0.2) is 6.20 Å². The van der Waals surface area contributed by atoms with Crippen LogP contribution in [0, 0.1) is 34.5 Å². The normalized spacial score (nSPS) is 47.9. The second-order valence-corrected chi connectivity index (χ2v) is 13.6. The molecule has 1 aromatic heterocycles. The van der Waals surface area contributed by atoms with Crippen molar-refractivity contribution < 1.29 is 14.3 Å². The fraction of sp³-hybridized carbons (Fsp3) is 0.862. The highest BCUT2D eigenvalue weighted by molar-refractivity contribution is 5.82. The molecule has 0 spiro atoms. The number of carbonyl (C=O) groups excluding carboxylic acids is 1. The quantitative estimate of drug-likeness (QED) is 0.604. The van der Waals surface area contributed by atoms with Crippen molar-refractivity contribution in [2.24, 2.45) is 34.5 Å². The number of fused-ring (bicyclic) bond motifs is 6. The Morgan fingerprint density at radius 2 is 1.79 bits per heavy atom. The van der Waals surface area contributed by atoms with E-state index in [-0.39, 0.29) is 28.6 Å². The van der Waals surface area contributed by atoms with Crippen molar-refractivity contribution in [3.05, 3.63) is 17.5 Å². The average molecular weight is 471 g/mol. The Hall–Kier alpha value is -1.23. The van der Waals surface area contributed by atoms with Crippen LogP contribution < -0.4 is 0 Å². The maximum Gasteiger partial charge on any atom is 0.157 e. The molecule has 1 N–H and O–H groups in total. The lowest BCUT2D eigenvalue weighted by Crippen LogP contribution is -2.61. The monoisotopic (exact) mass is 470 g/mol. The van der Waals surface area contributed by atoms with Crippen molar-refractivity contribution in [3.8, 4) is 0 Å². The van der Waals surface area contributed by atoms with E-state index < -0.39 is 11.3 Å². The Morgan fingerprint density at radius 3 is 2.59 bits per heavy atom. The Morgan fingerprint density at radius 1 is 1.03 bits per heavy atom. The van der Waals surface area contributed by atoms with Crippen LogP contribution in [0.4, 0.5) is 4.39 Å². The summed E-state index contributed by atoms with van der Waals surface area (Å²) in [5.74, 6) is 0.828. The first kappa shape index (κ1) is 23.2. The zero-order valence-electron chi connectivity index (χ0n) is 21.4. The fourth-order valence-corrected chi connectivity index (χ4v) is 9.79. The van der Waals surface area contributed by atoms with Crippen molar-refractivity contribution >= 4 is 5.78 Å². The topological polar surface area (TPSA) is 55.1 Å². The molecule has 0 amide bonds. The lowest BCUT2D eigenvalue weighted by Gasteiger charge is -2.63. The van der Waals surface area contributed by atoms with Crippen molar-refractivity contribution in [2.45, 2.75) is 122 Å². The first-order valence-corrected chi connectivity index (χ1v) is 14.0. The minimum atomic E-state index is -1.13. The maximum atomic E-state index is 16.7.